The van der Waals surface area contributed by atoms with Gasteiger partial charge in [0.25, 0.3) is 0 Å². The third-order valence-electron chi connectivity index (χ3n) is 5.55. The SMILES string of the molecule is CN1CC2CC1CN2c1nn(-c2ccnc(C(C)(F)F)n2)c2cc(Cl)ncc12. The topological polar surface area (TPSA) is 63.0 Å². The van der Waals surface area contributed by atoms with Crippen molar-refractivity contribution in [3.63, 3.8) is 0 Å². The molecule has 5 rings (SSSR count). The third-order valence-corrected chi connectivity index (χ3v) is 5.76. The molecule has 146 valence electrons. The molecule has 2 fully saturated rings. The maximum Gasteiger partial charge on any atom is 0.303 e. The maximum absolute atomic E-state index is 13.7. The van der Waals surface area contributed by atoms with Crippen molar-refractivity contribution in [1.29, 1.82) is 0 Å². The Morgan fingerprint density at radius 1 is 1.21 bits per heavy atom. The summed E-state index contributed by atoms with van der Waals surface area (Å²) in [7, 11) is 2.13. The van der Waals surface area contributed by atoms with Crippen LogP contribution in [0.5, 0.6) is 0 Å². The van der Waals surface area contributed by atoms with E-state index in [1.165, 1.54) is 6.20 Å². The fourth-order valence-corrected chi connectivity index (χ4v) is 4.31. The van der Waals surface area contributed by atoms with Gasteiger partial charge in [0, 0.05) is 56.6 Å². The number of halogens is 3. The molecule has 28 heavy (non-hydrogen) atoms. The average Bonchev–Trinajstić information content (AvgIpc) is 3.32. The van der Waals surface area contributed by atoms with Gasteiger partial charge >= 0.3 is 5.92 Å². The molecule has 10 heteroatoms. The van der Waals surface area contributed by atoms with Gasteiger partial charge in [-0.3, -0.25) is 4.90 Å². The molecule has 0 saturated carbocycles. The summed E-state index contributed by atoms with van der Waals surface area (Å²) in [5.74, 6) is -2.63. The Morgan fingerprint density at radius 3 is 2.71 bits per heavy atom. The number of likely N-dealkylation sites (tertiary alicyclic amines) is 1. The number of pyridine rings is 1. The first-order valence-corrected chi connectivity index (χ1v) is 9.42. The van der Waals surface area contributed by atoms with Crippen LogP contribution in [0.3, 0.4) is 0 Å². The van der Waals surface area contributed by atoms with E-state index < -0.39 is 11.7 Å². The summed E-state index contributed by atoms with van der Waals surface area (Å²) in [6.07, 6.45) is 4.09. The molecule has 7 nitrogen and oxygen atoms in total. The van der Waals surface area contributed by atoms with Gasteiger partial charge < -0.3 is 4.90 Å². The van der Waals surface area contributed by atoms with Crippen LogP contribution in [0.25, 0.3) is 16.7 Å². The predicted octanol–water partition coefficient (Wildman–Crippen LogP) is 2.87. The van der Waals surface area contributed by atoms with E-state index >= 15 is 0 Å². The number of hydrogen-bond donors (Lipinski definition) is 0. The molecule has 3 aromatic rings. The Labute approximate surface area is 164 Å². The summed E-state index contributed by atoms with van der Waals surface area (Å²) < 4.78 is 29.0. The predicted molar refractivity (Wildman–Crippen MR) is 101 cm³/mol. The molecule has 5 heterocycles. The molecule has 0 radical (unpaired) electrons. The summed E-state index contributed by atoms with van der Waals surface area (Å²) in [6.45, 7) is 2.62. The first-order chi connectivity index (χ1) is 13.3. The number of hydrogen-bond acceptors (Lipinski definition) is 6. The molecule has 0 N–H and O–H groups in total. The van der Waals surface area contributed by atoms with E-state index in [0.29, 0.717) is 22.8 Å². The number of likely N-dealkylation sites (N-methyl/N-ethyl adjacent to an activating group) is 1. The highest BCUT2D eigenvalue weighted by molar-refractivity contribution is 6.30. The quantitative estimate of drug-likeness (QED) is 0.624. The number of nitrogens with zero attached hydrogens (tertiary/aromatic N) is 7. The second-order valence-electron chi connectivity index (χ2n) is 7.52. The molecule has 2 saturated heterocycles. The van der Waals surface area contributed by atoms with Gasteiger partial charge in [-0.1, -0.05) is 11.6 Å². The highest BCUT2D eigenvalue weighted by Gasteiger charge is 2.43. The van der Waals surface area contributed by atoms with Crippen molar-refractivity contribution >= 4 is 28.3 Å². The van der Waals surface area contributed by atoms with E-state index in [1.807, 2.05) is 0 Å². The Kier molecular flexibility index (Phi) is 3.82. The zero-order valence-electron chi connectivity index (χ0n) is 15.3. The molecular formula is C18H18ClF2N7. The molecule has 2 bridgehead atoms. The number of aromatic nitrogens is 5. The number of rotatable bonds is 3. The van der Waals surface area contributed by atoms with Gasteiger partial charge in [-0.25, -0.2) is 19.6 Å². The molecule has 0 aromatic carbocycles. The van der Waals surface area contributed by atoms with Gasteiger partial charge in [0.05, 0.1) is 10.9 Å². The Hall–Kier alpha value is -2.39. The second kappa shape index (κ2) is 6.05. The van der Waals surface area contributed by atoms with Crippen molar-refractivity contribution in [2.75, 3.05) is 25.0 Å². The standard InChI is InChI=1S/C18H18ClF2N7/c1-18(20,21)17-22-4-3-15(24-17)28-13-6-14(19)23-7-12(13)16(25-28)27-9-10-5-11(27)8-26(10)2/h3-4,6-7,10-11H,5,8-9H2,1-2H3. The lowest BCUT2D eigenvalue weighted by Gasteiger charge is -2.32. The van der Waals surface area contributed by atoms with E-state index in [0.717, 1.165) is 37.6 Å². The van der Waals surface area contributed by atoms with Crippen molar-refractivity contribution in [2.45, 2.75) is 31.4 Å². The Bertz CT molecular complexity index is 1060. The van der Waals surface area contributed by atoms with Crippen molar-refractivity contribution in [2.24, 2.45) is 0 Å². The molecule has 2 aliphatic rings. The van der Waals surface area contributed by atoms with Crippen molar-refractivity contribution in [3.8, 4) is 5.82 Å². The van der Waals surface area contributed by atoms with E-state index in [1.54, 1.807) is 23.0 Å². The summed E-state index contributed by atoms with van der Waals surface area (Å²) in [6, 6.07) is 4.11. The first-order valence-electron chi connectivity index (χ1n) is 9.04. The lowest BCUT2D eigenvalue weighted by atomic mass is 10.2. The maximum atomic E-state index is 13.7. The largest absolute Gasteiger partial charge is 0.349 e. The molecular weight excluding hydrogens is 388 g/mol. The molecule has 0 aliphatic carbocycles. The fourth-order valence-electron chi connectivity index (χ4n) is 4.16. The molecule has 2 aliphatic heterocycles. The number of fused-ring (bicyclic) bond motifs is 3. The van der Waals surface area contributed by atoms with Crippen LogP contribution in [0, 0.1) is 0 Å². The molecule has 2 unspecified atom stereocenters. The lowest BCUT2D eigenvalue weighted by Crippen LogP contribution is -2.44. The molecule has 2 atom stereocenters. The van der Waals surface area contributed by atoms with Gasteiger partial charge in [0.1, 0.15) is 5.15 Å². The lowest BCUT2D eigenvalue weighted by molar-refractivity contribution is 0.00764. The zero-order chi connectivity index (χ0) is 19.6. The van der Waals surface area contributed by atoms with Crippen LogP contribution >= 0.6 is 11.6 Å². The number of anilines is 1. The smallest absolute Gasteiger partial charge is 0.303 e. The first kappa shape index (κ1) is 17.7. The van der Waals surface area contributed by atoms with Crippen LogP contribution in [0.2, 0.25) is 5.15 Å². The minimum Gasteiger partial charge on any atom is -0.349 e. The number of piperazine rings is 1. The average molecular weight is 406 g/mol. The number of alkyl halides is 2. The van der Waals surface area contributed by atoms with Gasteiger partial charge in [0.15, 0.2) is 11.6 Å². The van der Waals surface area contributed by atoms with Gasteiger partial charge in [-0.15, -0.1) is 5.10 Å². The summed E-state index contributed by atoms with van der Waals surface area (Å²) in [4.78, 5) is 16.6. The van der Waals surface area contributed by atoms with Gasteiger partial charge in [-0.05, 0) is 13.5 Å². The van der Waals surface area contributed by atoms with Crippen LogP contribution in [-0.4, -0.2) is 61.9 Å². The normalized spacial score (nSPS) is 22.5. The summed E-state index contributed by atoms with van der Waals surface area (Å²) >= 11 is 6.11. The van der Waals surface area contributed by atoms with Gasteiger partial charge in [0.2, 0.25) is 5.82 Å². The van der Waals surface area contributed by atoms with Crippen LogP contribution in [0.15, 0.2) is 24.5 Å². The fraction of sp³-hybridized carbons (Fsp3) is 0.444. The highest BCUT2D eigenvalue weighted by atomic mass is 35.5. The minimum atomic E-state index is -3.14. The van der Waals surface area contributed by atoms with E-state index in [2.05, 4.69) is 31.8 Å². The van der Waals surface area contributed by atoms with Crippen LogP contribution in [0.1, 0.15) is 19.2 Å². The minimum absolute atomic E-state index is 0.270. The zero-order valence-corrected chi connectivity index (χ0v) is 16.1. The van der Waals surface area contributed by atoms with Crippen LogP contribution in [-0.2, 0) is 5.92 Å². The van der Waals surface area contributed by atoms with Crippen LogP contribution in [0.4, 0.5) is 14.6 Å². The summed E-state index contributed by atoms with van der Waals surface area (Å²) in [5, 5.41) is 5.87. The van der Waals surface area contributed by atoms with Gasteiger partial charge in [-0.2, -0.15) is 8.78 Å². The van der Waals surface area contributed by atoms with Crippen molar-refractivity contribution in [3.05, 3.63) is 35.5 Å². The van der Waals surface area contributed by atoms with Crippen LogP contribution < -0.4 is 4.90 Å². The summed E-state index contributed by atoms with van der Waals surface area (Å²) in [5.41, 5.74) is 0.676. The highest BCUT2D eigenvalue weighted by Crippen LogP contribution is 2.37. The second-order valence-corrected chi connectivity index (χ2v) is 7.91. The monoisotopic (exact) mass is 405 g/mol. The van der Waals surface area contributed by atoms with E-state index in [4.69, 9.17) is 16.7 Å². The molecule has 0 amide bonds. The van der Waals surface area contributed by atoms with E-state index in [-0.39, 0.29) is 5.82 Å². The molecule has 0 spiro atoms. The Balaban J connectivity index is 1.66. The Morgan fingerprint density at radius 2 is 2.04 bits per heavy atom. The van der Waals surface area contributed by atoms with Crippen molar-refractivity contribution < 1.29 is 8.78 Å². The third kappa shape index (κ3) is 2.72. The van der Waals surface area contributed by atoms with E-state index in [9.17, 15) is 8.78 Å². The van der Waals surface area contributed by atoms with Crippen molar-refractivity contribution in [1.82, 2.24) is 29.6 Å². The molecule has 3 aromatic heterocycles.